The molecule has 0 bridgehead atoms. The van der Waals surface area contributed by atoms with Gasteiger partial charge in [-0.2, -0.15) is 0 Å². The molecule has 1 fully saturated rings. The van der Waals surface area contributed by atoms with Crippen LogP contribution in [0.2, 0.25) is 0 Å². The van der Waals surface area contributed by atoms with Gasteiger partial charge >= 0.3 is 6.09 Å². The van der Waals surface area contributed by atoms with Crippen LogP contribution in [0.15, 0.2) is 17.3 Å². The lowest BCUT2D eigenvalue weighted by molar-refractivity contribution is 0.00602. The van der Waals surface area contributed by atoms with E-state index in [1.165, 1.54) is 17.4 Å². The van der Waals surface area contributed by atoms with Crippen molar-refractivity contribution in [3.8, 4) is 0 Å². The lowest BCUT2D eigenvalue weighted by atomic mass is 10.1. The Morgan fingerprint density at radius 1 is 1.30 bits per heavy atom. The summed E-state index contributed by atoms with van der Waals surface area (Å²) in [5, 5.41) is 0. The first-order valence-electron chi connectivity index (χ1n) is 8.64. The maximum Gasteiger partial charge on any atom is 0.410 e. The Balaban J connectivity index is 1.76. The molecule has 2 aromatic rings. The lowest BCUT2D eigenvalue weighted by Crippen LogP contribution is -2.56. The standard InChI is InChI=1S/C17H22N6O4/c1-10-8-22(16(26)27-17(2,3)4)5-6-23(10)15(25)12-14(24)21-13-11(20-12)7-18-9-19-13/h7,9-10H,5-6,8H2,1-4H3,(H,18,19,21,24). The van der Waals surface area contributed by atoms with Gasteiger partial charge in [0.1, 0.15) is 17.4 Å². The van der Waals surface area contributed by atoms with Crippen LogP contribution in [0.5, 0.6) is 0 Å². The third-order valence-corrected chi connectivity index (χ3v) is 4.11. The van der Waals surface area contributed by atoms with Crippen molar-refractivity contribution in [2.45, 2.75) is 39.3 Å². The molecular weight excluding hydrogens is 352 g/mol. The number of H-pyrrole nitrogens is 1. The molecule has 2 aromatic heterocycles. The molecule has 1 unspecified atom stereocenters. The first-order valence-corrected chi connectivity index (χ1v) is 8.64. The van der Waals surface area contributed by atoms with Gasteiger partial charge in [-0.25, -0.2) is 19.7 Å². The summed E-state index contributed by atoms with van der Waals surface area (Å²) in [7, 11) is 0. The van der Waals surface area contributed by atoms with Crippen molar-refractivity contribution in [1.29, 1.82) is 0 Å². The van der Waals surface area contributed by atoms with Crippen LogP contribution in [0.1, 0.15) is 38.2 Å². The van der Waals surface area contributed by atoms with E-state index in [-0.39, 0.29) is 23.9 Å². The van der Waals surface area contributed by atoms with Gasteiger partial charge in [-0.3, -0.25) is 9.59 Å². The molecule has 10 nitrogen and oxygen atoms in total. The number of nitrogens with one attached hydrogen (secondary N) is 1. The Bertz CT molecular complexity index is 935. The number of aromatic amines is 1. The molecule has 1 aliphatic heterocycles. The highest BCUT2D eigenvalue weighted by Gasteiger charge is 2.33. The van der Waals surface area contributed by atoms with Crippen LogP contribution in [0, 0.1) is 0 Å². The molecule has 1 atom stereocenters. The molecule has 0 aliphatic carbocycles. The van der Waals surface area contributed by atoms with Crippen molar-refractivity contribution in [3.05, 3.63) is 28.6 Å². The number of ether oxygens (including phenoxy) is 1. The Kier molecular flexibility index (Phi) is 4.81. The summed E-state index contributed by atoms with van der Waals surface area (Å²) in [5.41, 5.74) is -0.796. The minimum Gasteiger partial charge on any atom is -0.444 e. The van der Waals surface area contributed by atoms with E-state index in [0.717, 1.165) is 0 Å². The van der Waals surface area contributed by atoms with Gasteiger partial charge in [0.2, 0.25) is 0 Å². The third kappa shape index (κ3) is 4.04. The van der Waals surface area contributed by atoms with Crippen LogP contribution < -0.4 is 5.56 Å². The molecule has 3 rings (SSSR count). The largest absolute Gasteiger partial charge is 0.444 e. The maximum absolute atomic E-state index is 12.8. The van der Waals surface area contributed by atoms with E-state index in [1.807, 2.05) is 6.92 Å². The van der Waals surface area contributed by atoms with Crippen molar-refractivity contribution in [2.75, 3.05) is 19.6 Å². The molecule has 0 radical (unpaired) electrons. The summed E-state index contributed by atoms with van der Waals surface area (Å²) in [6.07, 6.45) is 2.30. The van der Waals surface area contributed by atoms with Crippen molar-refractivity contribution in [1.82, 2.24) is 29.7 Å². The van der Waals surface area contributed by atoms with E-state index in [2.05, 4.69) is 19.9 Å². The van der Waals surface area contributed by atoms with Gasteiger partial charge in [0.25, 0.3) is 11.5 Å². The van der Waals surface area contributed by atoms with Gasteiger partial charge in [0.05, 0.1) is 6.20 Å². The van der Waals surface area contributed by atoms with E-state index >= 15 is 0 Å². The summed E-state index contributed by atoms with van der Waals surface area (Å²) in [5.74, 6) is -0.488. The second-order valence-electron chi connectivity index (χ2n) is 7.45. The highest BCUT2D eigenvalue weighted by molar-refractivity contribution is 5.93. The summed E-state index contributed by atoms with van der Waals surface area (Å²) < 4.78 is 5.38. The smallest absolute Gasteiger partial charge is 0.410 e. The normalized spacial score (nSPS) is 17.9. The Morgan fingerprint density at radius 3 is 2.70 bits per heavy atom. The van der Waals surface area contributed by atoms with Gasteiger partial charge in [0, 0.05) is 25.7 Å². The van der Waals surface area contributed by atoms with Crippen LogP contribution in [0.25, 0.3) is 11.2 Å². The molecule has 1 aliphatic rings. The fourth-order valence-corrected chi connectivity index (χ4v) is 2.87. The zero-order valence-electron chi connectivity index (χ0n) is 15.7. The van der Waals surface area contributed by atoms with Crippen molar-refractivity contribution >= 4 is 23.2 Å². The quantitative estimate of drug-likeness (QED) is 0.783. The summed E-state index contributed by atoms with van der Waals surface area (Å²) in [6, 6.07) is -0.289. The van der Waals surface area contributed by atoms with Crippen LogP contribution in [0.3, 0.4) is 0 Å². The van der Waals surface area contributed by atoms with Crippen LogP contribution in [-0.4, -0.2) is 73.0 Å². The van der Waals surface area contributed by atoms with Crippen LogP contribution >= 0.6 is 0 Å². The van der Waals surface area contributed by atoms with Gasteiger partial charge in [-0.15, -0.1) is 0 Å². The first kappa shape index (κ1) is 18.7. The molecule has 1 saturated heterocycles. The van der Waals surface area contributed by atoms with E-state index in [0.29, 0.717) is 18.6 Å². The van der Waals surface area contributed by atoms with Crippen molar-refractivity contribution < 1.29 is 14.3 Å². The third-order valence-electron chi connectivity index (χ3n) is 4.11. The summed E-state index contributed by atoms with van der Waals surface area (Å²) >= 11 is 0. The predicted molar refractivity (Wildman–Crippen MR) is 96.3 cm³/mol. The van der Waals surface area contributed by atoms with E-state index < -0.39 is 23.2 Å². The number of nitrogens with zero attached hydrogens (tertiary/aromatic N) is 5. The average molecular weight is 374 g/mol. The van der Waals surface area contributed by atoms with E-state index in [1.54, 1.807) is 25.7 Å². The molecule has 3 heterocycles. The fraction of sp³-hybridized carbons (Fsp3) is 0.529. The molecule has 2 amide bonds. The molecule has 144 valence electrons. The minimum atomic E-state index is -0.604. The second-order valence-corrected chi connectivity index (χ2v) is 7.45. The number of amides is 2. The summed E-state index contributed by atoms with van der Waals surface area (Å²) in [6.45, 7) is 8.13. The Hall–Kier alpha value is -3.04. The molecule has 1 N–H and O–H groups in total. The molecular formula is C17H22N6O4. The monoisotopic (exact) mass is 374 g/mol. The second kappa shape index (κ2) is 6.93. The van der Waals surface area contributed by atoms with Gasteiger partial charge in [0.15, 0.2) is 11.3 Å². The SMILES string of the molecule is CC1CN(C(=O)OC(C)(C)C)CCN1C(=O)c1nc2cncnc2[nH]c1=O. The van der Waals surface area contributed by atoms with E-state index in [9.17, 15) is 14.4 Å². The summed E-state index contributed by atoms with van der Waals surface area (Å²) in [4.78, 5) is 54.8. The van der Waals surface area contributed by atoms with Gasteiger partial charge in [-0.1, -0.05) is 0 Å². The molecule has 10 heteroatoms. The number of rotatable bonds is 1. The van der Waals surface area contributed by atoms with E-state index in [4.69, 9.17) is 4.74 Å². The van der Waals surface area contributed by atoms with Crippen molar-refractivity contribution in [3.63, 3.8) is 0 Å². The van der Waals surface area contributed by atoms with Gasteiger partial charge < -0.3 is 19.5 Å². The van der Waals surface area contributed by atoms with Crippen LogP contribution in [0.4, 0.5) is 4.79 Å². The highest BCUT2D eigenvalue weighted by Crippen LogP contribution is 2.16. The highest BCUT2D eigenvalue weighted by atomic mass is 16.6. The molecule has 27 heavy (non-hydrogen) atoms. The van der Waals surface area contributed by atoms with Gasteiger partial charge in [-0.05, 0) is 27.7 Å². The number of carbonyl (C=O) groups excluding carboxylic acids is 2. The zero-order chi connectivity index (χ0) is 19.8. The maximum atomic E-state index is 12.8. The topological polar surface area (TPSA) is 121 Å². The van der Waals surface area contributed by atoms with Crippen LogP contribution in [-0.2, 0) is 4.74 Å². The predicted octanol–water partition coefficient (Wildman–Crippen LogP) is 0.794. The zero-order valence-corrected chi connectivity index (χ0v) is 15.7. The lowest BCUT2D eigenvalue weighted by Gasteiger charge is -2.39. The fourth-order valence-electron chi connectivity index (χ4n) is 2.87. The number of hydrogen-bond acceptors (Lipinski definition) is 7. The Labute approximate surface area is 155 Å². The number of aromatic nitrogens is 4. The molecule has 0 aromatic carbocycles. The molecule has 0 saturated carbocycles. The number of carbonyl (C=O) groups is 2. The Morgan fingerprint density at radius 2 is 2.04 bits per heavy atom. The number of piperazine rings is 1. The number of hydrogen-bond donors (Lipinski definition) is 1. The number of fused-ring (bicyclic) bond motifs is 1. The average Bonchev–Trinajstić information content (AvgIpc) is 2.59. The minimum absolute atomic E-state index is 0.213. The first-order chi connectivity index (χ1) is 12.7. The molecule has 0 spiro atoms. The van der Waals surface area contributed by atoms with Crippen molar-refractivity contribution in [2.24, 2.45) is 0 Å².